The highest BCUT2D eigenvalue weighted by Crippen LogP contribution is 2.12. The van der Waals surface area contributed by atoms with Crippen molar-refractivity contribution in [3.63, 3.8) is 0 Å². The normalized spacial score (nSPS) is 9.62. The summed E-state index contributed by atoms with van der Waals surface area (Å²) in [6, 6.07) is 0. The van der Waals surface area contributed by atoms with Gasteiger partial charge >= 0.3 is 17.2 Å². The van der Waals surface area contributed by atoms with Gasteiger partial charge in [-0.05, 0) is 31.4 Å². The van der Waals surface area contributed by atoms with E-state index in [1.807, 2.05) is 0 Å². The molecule has 0 radical (unpaired) electrons. The van der Waals surface area contributed by atoms with Crippen LogP contribution >= 0.6 is 11.6 Å². The third-order valence-corrected chi connectivity index (χ3v) is 1.08. The number of hydrogen-bond acceptors (Lipinski definition) is 7. The molecule has 0 saturated carbocycles. The van der Waals surface area contributed by atoms with Gasteiger partial charge in [0.15, 0.2) is 0 Å². The first-order valence-corrected chi connectivity index (χ1v) is 3.09. The Kier molecular flexibility index (Phi) is 2.28. The SMILES string of the molecule is O=[N+]([O-])c1nc(Cl)nc([N+](=O)[O-])n1. The summed E-state index contributed by atoms with van der Waals surface area (Å²) < 4.78 is 0. The lowest BCUT2D eigenvalue weighted by Gasteiger charge is -1.92. The highest BCUT2D eigenvalue weighted by Gasteiger charge is 2.22. The van der Waals surface area contributed by atoms with E-state index in [1.54, 1.807) is 0 Å². The fourth-order valence-electron chi connectivity index (χ4n) is 0.493. The van der Waals surface area contributed by atoms with Gasteiger partial charge < -0.3 is 20.2 Å². The predicted molar refractivity (Wildman–Crippen MR) is 38.1 cm³/mol. The van der Waals surface area contributed by atoms with Gasteiger partial charge in [0.05, 0.1) is 0 Å². The molecule has 0 saturated heterocycles. The Morgan fingerprint density at radius 1 is 1.00 bits per heavy atom. The van der Waals surface area contributed by atoms with Crippen molar-refractivity contribution in [2.24, 2.45) is 0 Å². The molecular formula is C3ClN5O4. The minimum atomic E-state index is -0.999. The van der Waals surface area contributed by atoms with E-state index in [4.69, 9.17) is 11.6 Å². The minimum absolute atomic E-state index is 0.589. The summed E-state index contributed by atoms with van der Waals surface area (Å²) >= 11 is 5.17. The van der Waals surface area contributed by atoms with E-state index in [9.17, 15) is 20.2 Å². The third kappa shape index (κ3) is 2.02. The summed E-state index contributed by atoms with van der Waals surface area (Å²) in [6.45, 7) is 0. The van der Waals surface area contributed by atoms with Gasteiger partial charge in [0.2, 0.25) is 0 Å². The molecule has 0 aliphatic heterocycles. The van der Waals surface area contributed by atoms with Crippen LogP contribution in [0.15, 0.2) is 0 Å². The van der Waals surface area contributed by atoms with E-state index in [-0.39, 0.29) is 0 Å². The zero-order chi connectivity index (χ0) is 10.0. The second-order valence-corrected chi connectivity index (χ2v) is 2.06. The molecule has 0 spiro atoms. The first kappa shape index (κ1) is 9.19. The van der Waals surface area contributed by atoms with Gasteiger partial charge in [0.25, 0.3) is 0 Å². The van der Waals surface area contributed by atoms with Gasteiger partial charge in [0.1, 0.15) is 0 Å². The summed E-state index contributed by atoms with van der Waals surface area (Å²) in [5.41, 5.74) is 0. The third-order valence-electron chi connectivity index (χ3n) is 0.911. The molecule has 0 bridgehead atoms. The molecule has 0 aliphatic rings. The molecule has 0 unspecified atom stereocenters. The summed E-state index contributed by atoms with van der Waals surface area (Å²) in [7, 11) is 0. The van der Waals surface area contributed by atoms with Gasteiger partial charge in [-0.1, -0.05) is 0 Å². The molecule has 0 aromatic carbocycles. The molecule has 0 amide bonds. The van der Waals surface area contributed by atoms with E-state index in [0.29, 0.717) is 0 Å². The van der Waals surface area contributed by atoms with Crippen molar-refractivity contribution >= 4 is 23.5 Å². The number of hydrogen-bond donors (Lipinski definition) is 0. The van der Waals surface area contributed by atoms with Crippen LogP contribution in [0.5, 0.6) is 0 Å². The van der Waals surface area contributed by atoms with Crippen molar-refractivity contribution < 1.29 is 9.85 Å². The van der Waals surface area contributed by atoms with E-state index in [0.717, 1.165) is 0 Å². The zero-order valence-electron chi connectivity index (χ0n) is 5.75. The molecule has 68 valence electrons. The van der Waals surface area contributed by atoms with Crippen LogP contribution in [0.3, 0.4) is 0 Å². The molecule has 13 heavy (non-hydrogen) atoms. The van der Waals surface area contributed by atoms with Gasteiger partial charge in [0, 0.05) is 4.98 Å². The van der Waals surface area contributed by atoms with Crippen LogP contribution in [0.1, 0.15) is 0 Å². The Morgan fingerprint density at radius 3 is 1.69 bits per heavy atom. The molecule has 0 aliphatic carbocycles. The van der Waals surface area contributed by atoms with Crippen LogP contribution in [-0.4, -0.2) is 24.8 Å². The maximum absolute atomic E-state index is 10.1. The Balaban J connectivity index is 3.26. The molecule has 9 nitrogen and oxygen atoms in total. The largest absolute Gasteiger partial charge is 0.479 e. The molecule has 10 heteroatoms. The minimum Gasteiger partial charge on any atom is -0.390 e. The van der Waals surface area contributed by atoms with Gasteiger partial charge in [-0.2, -0.15) is 0 Å². The molecule has 1 aromatic rings. The van der Waals surface area contributed by atoms with Crippen molar-refractivity contribution in [3.05, 3.63) is 25.5 Å². The maximum atomic E-state index is 10.1. The second-order valence-electron chi connectivity index (χ2n) is 1.72. The van der Waals surface area contributed by atoms with E-state index in [1.165, 1.54) is 0 Å². The quantitative estimate of drug-likeness (QED) is 0.503. The van der Waals surface area contributed by atoms with E-state index in [2.05, 4.69) is 15.0 Å². The lowest BCUT2D eigenvalue weighted by atomic mass is 10.9. The zero-order valence-corrected chi connectivity index (χ0v) is 6.50. The molecule has 0 fully saturated rings. The molecule has 0 atom stereocenters. The highest BCUT2D eigenvalue weighted by molar-refractivity contribution is 6.28. The topological polar surface area (TPSA) is 125 Å². The van der Waals surface area contributed by atoms with Gasteiger partial charge in [-0.15, -0.1) is 0 Å². The predicted octanol–water partition coefficient (Wildman–Crippen LogP) is 0.341. The van der Waals surface area contributed by atoms with Crippen molar-refractivity contribution in [2.75, 3.05) is 0 Å². The fraction of sp³-hybridized carbons (Fsp3) is 0. The Morgan fingerprint density at radius 2 is 1.38 bits per heavy atom. The van der Waals surface area contributed by atoms with Crippen LogP contribution in [0.2, 0.25) is 5.28 Å². The summed E-state index contributed by atoms with van der Waals surface area (Å²) in [5.74, 6) is -1.90. The molecule has 0 N–H and O–H groups in total. The van der Waals surface area contributed by atoms with Crippen LogP contribution in [0.4, 0.5) is 11.9 Å². The Hall–Kier alpha value is -1.90. The van der Waals surface area contributed by atoms with Crippen LogP contribution < -0.4 is 0 Å². The lowest BCUT2D eigenvalue weighted by Crippen LogP contribution is -2.03. The standard InChI is InChI=1S/C3ClN5O4/c4-1-5-2(8(10)11)7-3(6-1)9(12)13. The van der Waals surface area contributed by atoms with Crippen molar-refractivity contribution in [1.82, 2.24) is 15.0 Å². The molecule has 1 aromatic heterocycles. The summed E-state index contributed by atoms with van der Waals surface area (Å²) in [4.78, 5) is 27.2. The Labute approximate surface area is 74.7 Å². The first-order chi connectivity index (χ1) is 6.00. The van der Waals surface area contributed by atoms with Crippen molar-refractivity contribution in [3.8, 4) is 0 Å². The molecule has 1 heterocycles. The lowest BCUT2D eigenvalue weighted by molar-refractivity contribution is -0.409. The number of nitrogens with zero attached hydrogens (tertiary/aromatic N) is 5. The maximum Gasteiger partial charge on any atom is 0.479 e. The number of aromatic nitrogens is 3. The van der Waals surface area contributed by atoms with Gasteiger partial charge in [-0.3, -0.25) is 0 Å². The molecule has 1 rings (SSSR count). The van der Waals surface area contributed by atoms with Crippen LogP contribution in [0, 0.1) is 20.2 Å². The smallest absolute Gasteiger partial charge is 0.390 e. The highest BCUT2D eigenvalue weighted by atomic mass is 35.5. The Bertz CT molecular complexity index is 348. The average molecular weight is 206 g/mol. The van der Waals surface area contributed by atoms with Gasteiger partial charge in [-0.25, -0.2) is 0 Å². The summed E-state index contributed by atoms with van der Waals surface area (Å²) in [6.07, 6.45) is 0. The fourth-order valence-corrected chi connectivity index (χ4v) is 0.644. The van der Waals surface area contributed by atoms with Crippen LogP contribution in [-0.2, 0) is 0 Å². The van der Waals surface area contributed by atoms with Crippen molar-refractivity contribution in [1.29, 1.82) is 0 Å². The molecular weight excluding hydrogens is 206 g/mol. The number of halogens is 1. The van der Waals surface area contributed by atoms with E-state index < -0.39 is 27.0 Å². The van der Waals surface area contributed by atoms with Crippen LogP contribution in [0.25, 0.3) is 0 Å². The second kappa shape index (κ2) is 3.23. The number of rotatable bonds is 2. The average Bonchev–Trinajstić information content (AvgIpc) is 2.03. The number of nitro groups is 2. The first-order valence-electron chi connectivity index (χ1n) is 2.71. The summed E-state index contributed by atoms with van der Waals surface area (Å²) in [5, 5.41) is 19.6. The van der Waals surface area contributed by atoms with Crippen molar-refractivity contribution in [2.45, 2.75) is 0 Å². The van der Waals surface area contributed by atoms with E-state index >= 15 is 0 Å². The monoisotopic (exact) mass is 205 g/mol.